The second-order valence-corrected chi connectivity index (χ2v) is 3.49. The van der Waals surface area contributed by atoms with Crippen molar-refractivity contribution in [3.63, 3.8) is 0 Å². The van der Waals surface area contributed by atoms with E-state index in [9.17, 15) is 0 Å². The lowest BCUT2D eigenvalue weighted by Gasteiger charge is -2.01. The number of nitrogens with zero attached hydrogens (tertiary/aromatic N) is 2. The lowest BCUT2D eigenvalue weighted by Crippen LogP contribution is -1.92. The molecular weight excluding hydrogens is 184 g/mol. The SMILES string of the molecule is C#Cc1cccc(-c2cnn(C)c2C)c1. The third kappa shape index (κ3) is 1.64. The first-order valence-corrected chi connectivity index (χ1v) is 4.78. The fourth-order valence-corrected chi connectivity index (χ4v) is 1.56. The molecule has 0 unspecified atom stereocenters. The Morgan fingerprint density at radius 2 is 2.20 bits per heavy atom. The molecule has 0 radical (unpaired) electrons. The fraction of sp³-hybridized carbons (Fsp3) is 0.154. The zero-order valence-electron chi connectivity index (χ0n) is 8.86. The minimum atomic E-state index is 0.899. The number of benzene rings is 1. The van der Waals surface area contributed by atoms with E-state index in [1.807, 2.05) is 49.1 Å². The van der Waals surface area contributed by atoms with E-state index in [-0.39, 0.29) is 0 Å². The Hall–Kier alpha value is -2.01. The van der Waals surface area contributed by atoms with Gasteiger partial charge in [0.1, 0.15) is 0 Å². The highest BCUT2D eigenvalue weighted by Gasteiger charge is 2.05. The van der Waals surface area contributed by atoms with Gasteiger partial charge in [-0.2, -0.15) is 5.10 Å². The summed E-state index contributed by atoms with van der Waals surface area (Å²) in [5.74, 6) is 2.64. The van der Waals surface area contributed by atoms with Crippen LogP contribution in [0.5, 0.6) is 0 Å². The molecule has 0 aliphatic rings. The summed E-state index contributed by atoms with van der Waals surface area (Å²) in [6.45, 7) is 2.05. The molecule has 0 N–H and O–H groups in total. The van der Waals surface area contributed by atoms with E-state index >= 15 is 0 Å². The van der Waals surface area contributed by atoms with Gasteiger partial charge < -0.3 is 0 Å². The monoisotopic (exact) mass is 196 g/mol. The molecule has 0 amide bonds. The minimum Gasteiger partial charge on any atom is -0.272 e. The van der Waals surface area contributed by atoms with Crippen LogP contribution < -0.4 is 0 Å². The van der Waals surface area contributed by atoms with Crippen LogP contribution in [0.3, 0.4) is 0 Å². The van der Waals surface area contributed by atoms with Gasteiger partial charge in [0.2, 0.25) is 0 Å². The number of aryl methyl sites for hydroxylation is 1. The van der Waals surface area contributed by atoms with Crippen LogP contribution in [0.2, 0.25) is 0 Å². The minimum absolute atomic E-state index is 0.899. The molecule has 0 atom stereocenters. The highest BCUT2D eigenvalue weighted by Crippen LogP contribution is 2.22. The summed E-state index contributed by atoms with van der Waals surface area (Å²) in [6, 6.07) is 7.95. The van der Waals surface area contributed by atoms with Crippen molar-refractivity contribution in [2.75, 3.05) is 0 Å². The lowest BCUT2D eigenvalue weighted by atomic mass is 10.0. The molecule has 0 aliphatic carbocycles. The molecule has 2 rings (SSSR count). The first-order chi connectivity index (χ1) is 7.22. The first-order valence-electron chi connectivity index (χ1n) is 4.78. The Bertz CT molecular complexity index is 530. The topological polar surface area (TPSA) is 17.8 Å². The molecule has 0 saturated carbocycles. The van der Waals surface area contributed by atoms with E-state index in [1.165, 1.54) is 0 Å². The van der Waals surface area contributed by atoms with Crippen molar-refractivity contribution in [2.24, 2.45) is 7.05 Å². The van der Waals surface area contributed by atoms with Crippen LogP contribution >= 0.6 is 0 Å². The van der Waals surface area contributed by atoms with Gasteiger partial charge in [-0.1, -0.05) is 18.1 Å². The Labute approximate surface area is 89.6 Å². The highest BCUT2D eigenvalue weighted by molar-refractivity contribution is 5.66. The van der Waals surface area contributed by atoms with Gasteiger partial charge in [-0.3, -0.25) is 4.68 Å². The van der Waals surface area contributed by atoms with Gasteiger partial charge in [-0.05, 0) is 24.6 Å². The summed E-state index contributed by atoms with van der Waals surface area (Å²) in [5.41, 5.74) is 4.30. The van der Waals surface area contributed by atoms with Crippen molar-refractivity contribution in [2.45, 2.75) is 6.92 Å². The molecular formula is C13H12N2. The third-order valence-corrected chi connectivity index (χ3v) is 2.58. The summed E-state index contributed by atoms with van der Waals surface area (Å²) in [7, 11) is 1.93. The second kappa shape index (κ2) is 3.62. The highest BCUT2D eigenvalue weighted by atomic mass is 15.3. The standard InChI is InChI=1S/C13H12N2/c1-4-11-6-5-7-12(8-11)13-9-14-15(3)10(13)2/h1,5-9H,2-3H3. The van der Waals surface area contributed by atoms with E-state index in [0.717, 1.165) is 22.4 Å². The maximum Gasteiger partial charge on any atom is 0.0571 e. The maximum absolute atomic E-state index is 5.37. The van der Waals surface area contributed by atoms with Gasteiger partial charge in [-0.25, -0.2) is 0 Å². The third-order valence-electron chi connectivity index (χ3n) is 2.58. The molecule has 2 nitrogen and oxygen atoms in total. The van der Waals surface area contributed by atoms with Gasteiger partial charge in [0, 0.05) is 23.9 Å². The fourth-order valence-electron chi connectivity index (χ4n) is 1.56. The molecule has 2 aromatic rings. The Kier molecular flexibility index (Phi) is 2.31. The van der Waals surface area contributed by atoms with Crippen molar-refractivity contribution in [1.29, 1.82) is 0 Å². The Balaban J connectivity index is 2.55. The van der Waals surface area contributed by atoms with Gasteiger partial charge in [0.05, 0.1) is 6.20 Å². The van der Waals surface area contributed by atoms with Crippen LogP contribution in [0.1, 0.15) is 11.3 Å². The van der Waals surface area contributed by atoms with Crippen molar-refractivity contribution >= 4 is 0 Å². The largest absolute Gasteiger partial charge is 0.272 e. The summed E-state index contributed by atoms with van der Waals surface area (Å²) in [4.78, 5) is 0. The predicted molar refractivity (Wildman–Crippen MR) is 61.3 cm³/mol. The molecule has 1 aromatic carbocycles. The summed E-state index contributed by atoms with van der Waals surface area (Å²) >= 11 is 0. The van der Waals surface area contributed by atoms with E-state index in [4.69, 9.17) is 6.42 Å². The summed E-state index contributed by atoms with van der Waals surface area (Å²) in [6.07, 6.45) is 7.24. The van der Waals surface area contributed by atoms with Gasteiger partial charge in [0.15, 0.2) is 0 Å². The number of hydrogen-bond donors (Lipinski definition) is 0. The average molecular weight is 196 g/mol. The predicted octanol–water partition coefficient (Wildman–Crippen LogP) is 2.38. The van der Waals surface area contributed by atoms with Gasteiger partial charge in [-0.15, -0.1) is 6.42 Å². The number of aromatic nitrogens is 2. The quantitative estimate of drug-likeness (QED) is 0.640. The molecule has 0 fully saturated rings. The molecule has 1 heterocycles. The Morgan fingerprint density at radius 3 is 2.80 bits per heavy atom. The molecule has 15 heavy (non-hydrogen) atoms. The summed E-state index contributed by atoms with van der Waals surface area (Å²) in [5, 5.41) is 4.21. The van der Waals surface area contributed by atoms with E-state index < -0.39 is 0 Å². The van der Waals surface area contributed by atoms with E-state index in [0.29, 0.717) is 0 Å². The normalized spacial score (nSPS) is 9.93. The number of terminal acetylenes is 1. The van der Waals surface area contributed by atoms with Crippen molar-refractivity contribution in [3.05, 3.63) is 41.7 Å². The molecule has 1 aromatic heterocycles. The molecule has 0 spiro atoms. The molecule has 0 bridgehead atoms. The maximum atomic E-state index is 5.37. The number of rotatable bonds is 1. The zero-order valence-corrected chi connectivity index (χ0v) is 8.86. The van der Waals surface area contributed by atoms with Crippen LogP contribution in [-0.4, -0.2) is 9.78 Å². The van der Waals surface area contributed by atoms with Crippen molar-refractivity contribution in [3.8, 4) is 23.5 Å². The Morgan fingerprint density at radius 1 is 1.40 bits per heavy atom. The van der Waals surface area contributed by atoms with E-state index in [1.54, 1.807) is 0 Å². The van der Waals surface area contributed by atoms with Gasteiger partial charge in [0.25, 0.3) is 0 Å². The van der Waals surface area contributed by atoms with Crippen LogP contribution in [0.25, 0.3) is 11.1 Å². The molecule has 0 saturated heterocycles. The van der Waals surface area contributed by atoms with Crippen molar-refractivity contribution < 1.29 is 0 Å². The molecule has 2 heteroatoms. The molecule has 0 aliphatic heterocycles. The summed E-state index contributed by atoms with van der Waals surface area (Å²) < 4.78 is 1.86. The zero-order chi connectivity index (χ0) is 10.8. The van der Waals surface area contributed by atoms with Crippen LogP contribution in [-0.2, 0) is 7.05 Å². The molecule has 74 valence electrons. The van der Waals surface area contributed by atoms with E-state index in [2.05, 4.69) is 11.0 Å². The van der Waals surface area contributed by atoms with Crippen LogP contribution in [0.15, 0.2) is 30.5 Å². The number of hydrogen-bond acceptors (Lipinski definition) is 1. The second-order valence-electron chi connectivity index (χ2n) is 3.49. The smallest absolute Gasteiger partial charge is 0.0571 e. The van der Waals surface area contributed by atoms with Gasteiger partial charge >= 0.3 is 0 Å². The van der Waals surface area contributed by atoms with Crippen LogP contribution in [0, 0.1) is 19.3 Å². The average Bonchev–Trinajstić information content (AvgIpc) is 2.60. The first kappa shape index (κ1) is 9.54. The van der Waals surface area contributed by atoms with Crippen LogP contribution in [0.4, 0.5) is 0 Å². The van der Waals surface area contributed by atoms with Crippen molar-refractivity contribution in [1.82, 2.24) is 9.78 Å². The lowest BCUT2D eigenvalue weighted by molar-refractivity contribution is 0.740.